The SMILES string of the molecule is CC(C)CNCC1CCc2ccc(OC(=O)C(=O)Oc3ccc4c(c3)OC(CNCC(C)C)CC4)cc2O1. The van der Waals surface area contributed by atoms with E-state index in [1.54, 1.807) is 24.3 Å². The molecule has 2 aliphatic heterocycles. The minimum atomic E-state index is -1.09. The zero-order chi connectivity index (χ0) is 27.1. The van der Waals surface area contributed by atoms with Crippen LogP contribution in [-0.4, -0.2) is 50.3 Å². The Kier molecular flexibility index (Phi) is 9.63. The van der Waals surface area contributed by atoms with Gasteiger partial charge in [0.05, 0.1) is 0 Å². The predicted octanol–water partition coefficient (Wildman–Crippen LogP) is 4.08. The van der Waals surface area contributed by atoms with Gasteiger partial charge in [-0.2, -0.15) is 0 Å². The molecule has 2 aromatic rings. The number of hydrogen-bond donors (Lipinski definition) is 2. The number of nitrogens with one attached hydrogen (secondary N) is 2. The Morgan fingerprint density at radius 1 is 0.763 bits per heavy atom. The molecule has 2 N–H and O–H groups in total. The van der Waals surface area contributed by atoms with Gasteiger partial charge >= 0.3 is 11.9 Å². The quantitative estimate of drug-likeness (QED) is 0.273. The summed E-state index contributed by atoms with van der Waals surface area (Å²) >= 11 is 0. The van der Waals surface area contributed by atoms with Crippen LogP contribution in [-0.2, 0) is 22.4 Å². The van der Waals surface area contributed by atoms with Crippen molar-refractivity contribution in [3.05, 3.63) is 47.5 Å². The van der Waals surface area contributed by atoms with Crippen LogP contribution in [0.25, 0.3) is 0 Å². The van der Waals surface area contributed by atoms with Crippen molar-refractivity contribution in [2.45, 2.75) is 65.6 Å². The molecule has 2 heterocycles. The molecule has 8 nitrogen and oxygen atoms in total. The third-order valence-electron chi connectivity index (χ3n) is 6.57. The zero-order valence-corrected chi connectivity index (χ0v) is 22.9. The average Bonchev–Trinajstić information content (AvgIpc) is 2.88. The Morgan fingerprint density at radius 2 is 1.18 bits per heavy atom. The van der Waals surface area contributed by atoms with Crippen molar-refractivity contribution < 1.29 is 28.5 Å². The highest BCUT2D eigenvalue weighted by Gasteiger charge is 2.25. The second-order valence-corrected chi connectivity index (χ2v) is 11.0. The van der Waals surface area contributed by atoms with Crippen molar-refractivity contribution in [3.63, 3.8) is 0 Å². The van der Waals surface area contributed by atoms with Gasteiger partial charge in [0.25, 0.3) is 0 Å². The van der Waals surface area contributed by atoms with E-state index in [-0.39, 0.29) is 23.7 Å². The van der Waals surface area contributed by atoms with Gasteiger partial charge in [-0.25, -0.2) is 9.59 Å². The average molecular weight is 525 g/mol. The molecule has 2 aromatic carbocycles. The summed E-state index contributed by atoms with van der Waals surface area (Å²) in [6.07, 6.45) is 3.71. The van der Waals surface area contributed by atoms with E-state index < -0.39 is 11.9 Å². The normalized spacial score (nSPS) is 18.3. The molecule has 0 bridgehead atoms. The maximum absolute atomic E-state index is 12.5. The minimum Gasteiger partial charge on any atom is -0.489 e. The molecule has 206 valence electrons. The fourth-order valence-corrected chi connectivity index (χ4v) is 4.59. The lowest BCUT2D eigenvalue weighted by molar-refractivity contribution is -0.156. The van der Waals surface area contributed by atoms with E-state index in [4.69, 9.17) is 18.9 Å². The smallest absolute Gasteiger partial charge is 0.423 e. The number of hydrogen-bond acceptors (Lipinski definition) is 8. The van der Waals surface area contributed by atoms with E-state index in [9.17, 15) is 9.59 Å². The minimum absolute atomic E-state index is 0.0500. The number of carbonyl (C=O) groups is 2. The molecule has 2 unspecified atom stereocenters. The van der Waals surface area contributed by atoms with Gasteiger partial charge in [-0.05, 0) is 73.9 Å². The van der Waals surface area contributed by atoms with Crippen molar-refractivity contribution in [1.29, 1.82) is 0 Å². The maximum Gasteiger partial charge on any atom is 0.423 e. The Labute approximate surface area is 225 Å². The first kappa shape index (κ1) is 27.9. The van der Waals surface area contributed by atoms with Gasteiger partial charge in [0, 0.05) is 25.2 Å². The molecule has 0 saturated heterocycles. The largest absolute Gasteiger partial charge is 0.489 e. The van der Waals surface area contributed by atoms with Crippen LogP contribution in [0.5, 0.6) is 23.0 Å². The Hall–Kier alpha value is -3.10. The fourth-order valence-electron chi connectivity index (χ4n) is 4.59. The predicted molar refractivity (Wildman–Crippen MR) is 145 cm³/mol. The van der Waals surface area contributed by atoms with E-state index in [0.717, 1.165) is 63.0 Å². The van der Waals surface area contributed by atoms with Crippen molar-refractivity contribution in [1.82, 2.24) is 10.6 Å². The number of benzene rings is 2. The molecular weight excluding hydrogens is 484 g/mol. The van der Waals surface area contributed by atoms with Gasteiger partial charge in [-0.3, -0.25) is 0 Å². The van der Waals surface area contributed by atoms with E-state index in [0.29, 0.717) is 23.3 Å². The van der Waals surface area contributed by atoms with Gasteiger partial charge in [-0.15, -0.1) is 0 Å². The third kappa shape index (κ3) is 7.95. The molecule has 2 aliphatic rings. The highest BCUT2D eigenvalue weighted by atomic mass is 16.6. The summed E-state index contributed by atoms with van der Waals surface area (Å²) in [5, 5.41) is 6.84. The molecule has 0 aromatic heterocycles. The monoisotopic (exact) mass is 524 g/mol. The number of ether oxygens (including phenoxy) is 4. The van der Waals surface area contributed by atoms with Crippen LogP contribution in [0.3, 0.4) is 0 Å². The molecule has 2 atom stereocenters. The number of esters is 2. The number of rotatable bonds is 10. The van der Waals surface area contributed by atoms with E-state index in [1.165, 1.54) is 0 Å². The highest BCUT2D eigenvalue weighted by Crippen LogP contribution is 2.33. The fraction of sp³-hybridized carbons (Fsp3) is 0.533. The molecule has 0 saturated carbocycles. The van der Waals surface area contributed by atoms with Crippen LogP contribution in [0, 0.1) is 11.8 Å². The highest BCUT2D eigenvalue weighted by molar-refractivity contribution is 6.31. The lowest BCUT2D eigenvalue weighted by Crippen LogP contribution is -2.35. The van der Waals surface area contributed by atoms with Gasteiger partial charge < -0.3 is 29.6 Å². The molecule has 0 radical (unpaired) electrons. The van der Waals surface area contributed by atoms with E-state index >= 15 is 0 Å². The van der Waals surface area contributed by atoms with Crippen LogP contribution in [0.4, 0.5) is 0 Å². The van der Waals surface area contributed by atoms with Crippen molar-refractivity contribution in [2.24, 2.45) is 11.8 Å². The third-order valence-corrected chi connectivity index (χ3v) is 6.57. The first-order chi connectivity index (χ1) is 18.3. The molecule has 0 amide bonds. The van der Waals surface area contributed by atoms with Gasteiger partial charge in [-0.1, -0.05) is 39.8 Å². The number of fused-ring (bicyclic) bond motifs is 2. The lowest BCUT2D eigenvalue weighted by atomic mass is 10.0. The van der Waals surface area contributed by atoms with Crippen molar-refractivity contribution >= 4 is 11.9 Å². The van der Waals surface area contributed by atoms with Gasteiger partial charge in [0.1, 0.15) is 35.2 Å². The summed E-state index contributed by atoms with van der Waals surface area (Å²) in [5.74, 6) is 0.791. The molecule has 0 spiro atoms. The first-order valence-electron chi connectivity index (χ1n) is 13.7. The summed E-state index contributed by atoms with van der Waals surface area (Å²) in [4.78, 5) is 25.0. The van der Waals surface area contributed by atoms with Gasteiger partial charge in [0.15, 0.2) is 0 Å². The van der Waals surface area contributed by atoms with Crippen LogP contribution in [0.15, 0.2) is 36.4 Å². The number of aryl methyl sites for hydroxylation is 2. The summed E-state index contributed by atoms with van der Waals surface area (Å²) in [6.45, 7) is 12.0. The van der Waals surface area contributed by atoms with Crippen molar-refractivity contribution in [3.8, 4) is 23.0 Å². The summed E-state index contributed by atoms with van der Waals surface area (Å²) in [5.41, 5.74) is 2.11. The molecule has 0 aliphatic carbocycles. The van der Waals surface area contributed by atoms with Gasteiger partial charge in [0.2, 0.25) is 0 Å². The summed E-state index contributed by atoms with van der Waals surface area (Å²) in [6, 6.07) is 10.4. The second-order valence-electron chi connectivity index (χ2n) is 11.0. The first-order valence-corrected chi connectivity index (χ1v) is 13.7. The molecular formula is C30H40N2O6. The van der Waals surface area contributed by atoms with Crippen LogP contribution < -0.4 is 29.6 Å². The Balaban J connectivity index is 1.30. The number of carbonyl (C=O) groups excluding carboxylic acids is 2. The van der Waals surface area contributed by atoms with E-state index in [2.05, 4.69) is 38.3 Å². The Morgan fingerprint density at radius 3 is 1.58 bits per heavy atom. The maximum atomic E-state index is 12.5. The van der Waals surface area contributed by atoms with Crippen LogP contribution in [0.1, 0.15) is 51.7 Å². The standard InChI is InChI=1S/C30H40N2O6/c1-19(2)15-31-17-25-11-7-21-5-9-23(13-27(21)35-25)37-29(33)30(34)38-24-10-6-22-8-12-26(36-28(22)14-24)18-32-16-20(3)4/h5-6,9-10,13-14,19-20,25-26,31-32H,7-8,11-12,15-18H2,1-4H3. The second kappa shape index (κ2) is 13.1. The van der Waals surface area contributed by atoms with Crippen LogP contribution >= 0.6 is 0 Å². The molecule has 4 rings (SSSR count). The van der Waals surface area contributed by atoms with E-state index in [1.807, 2.05) is 12.1 Å². The summed E-state index contributed by atoms with van der Waals surface area (Å²) in [7, 11) is 0. The summed E-state index contributed by atoms with van der Waals surface area (Å²) < 4.78 is 22.8. The topological polar surface area (TPSA) is 95.1 Å². The lowest BCUT2D eigenvalue weighted by Gasteiger charge is -2.27. The Bertz CT molecular complexity index is 1030. The zero-order valence-electron chi connectivity index (χ0n) is 22.9. The molecule has 38 heavy (non-hydrogen) atoms. The molecule has 0 fully saturated rings. The van der Waals surface area contributed by atoms with Crippen molar-refractivity contribution in [2.75, 3.05) is 26.2 Å². The molecule has 8 heteroatoms. The van der Waals surface area contributed by atoms with Crippen LogP contribution in [0.2, 0.25) is 0 Å².